The highest BCUT2D eigenvalue weighted by atomic mass is 19.1. The molecule has 1 aliphatic carbocycles. The lowest BCUT2D eigenvalue weighted by Gasteiger charge is -2.21. The fraction of sp³-hybridized carbons (Fsp3) is 0.318. The van der Waals surface area contributed by atoms with Crippen LogP contribution in [-0.2, 0) is 0 Å². The minimum Gasteiger partial charge on any atom is -0.347 e. The fourth-order valence-corrected chi connectivity index (χ4v) is 3.56. The zero-order chi connectivity index (χ0) is 19.5. The summed E-state index contributed by atoms with van der Waals surface area (Å²) in [7, 11) is 0. The van der Waals surface area contributed by atoms with E-state index in [9.17, 15) is 9.18 Å². The molecule has 4 rings (SSSR count). The number of nitrogens with zero attached hydrogens (tertiary/aromatic N) is 3. The van der Waals surface area contributed by atoms with Crippen molar-refractivity contribution >= 4 is 5.91 Å². The molecule has 1 fully saturated rings. The number of carbonyl (C=O) groups excluding carboxylic acids is 1. The molecule has 28 heavy (non-hydrogen) atoms. The van der Waals surface area contributed by atoms with Crippen LogP contribution >= 0.6 is 0 Å². The van der Waals surface area contributed by atoms with Crippen molar-refractivity contribution in [3.8, 4) is 17.1 Å². The lowest BCUT2D eigenvalue weighted by Crippen LogP contribution is -2.36. The van der Waals surface area contributed by atoms with Crippen LogP contribution in [0.15, 0.2) is 48.5 Å². The molecule has 0 aliphatic heterocycles. The van der Waals surface area contributed by atoms with E-state index < -0.39 is 0 Å². The number of hydrogen-bond acceptors (Lipinski definition) is 3. The van der Waals surface area contributed by atoms with Crippen molar-refractivity contribution in [3.05, 3.63) is 65.7 Å². The van der Waals surface area contributed by atoms with Crippen LogP contribution in [0.3, 0.4) is 0 Å². The Kier molecular flexibility index (Phi) is 5.19. The quantitative estimate of drug-likeness (QED) is 0.730. The van der Waals surface area contributed by atoms with Gasteiger partial charge in [0.2, 0.25) is 5.82 Å². The normalized spacial score (nSPS) is 14.8. The van der Waals surface area contributed by atoms with E-state index in [-0.39, 0.29) is 23.6 Å². The van der Waals surface area contributed by atoms with Crippen LogP contribution in [0.2, 0.25) is 0 Å². The van der Waals surface area contributed by atoms with Gasteiger partial charge in [0, 0.05) is 11.6 Å². The molecule has 0 saturated heterocycles. The fourth-order valence-electron chi connectivity index (χ4n) is 3.56. The number of amides is 1. The maximum Gasteiger partial charge on any atom is 0.291 e. The first kappa shape index (κ1) is 18.3. The molecule has 1 amide bonds. The zero-order valence-electron chi connectivity index (χ0n) is 15.9. The van der Waals surface area contributed by atoms with Crippen LogP contribution in [0.5, 0.6) is 0 Å². The number of carbonyl (C=O) groups is 1. The Morgan fingerprint density at radius 2 is 1.71 bits per heavy atom. The minimum atomic E-state index is -0.323. The van der Waals surface area contributed by atoms with Gasteiger partial charge < -0.3 is 5.32 Å². The van der Waals surface area contributed by atoms with Gasteiger partial charge in [-0.25, -0.2) is 14.1 Å². The van der Waals surface area contributed by atoms with Crippen LogP contribution in [-0.4, -0.2) is 26.7 Å². The topological polar surface area (TPSA) is 59.8 Å². The molecule has 1 heterocycles. The van der Waals surface area contributed by atoms with Gasteiger partial charge >= 0.3 is 0 Å². The molecule has 1 aliphatic rings. The summed E-state index contributed by atoms with van der Waals surface area (Å²) in [5.41, 5.74) is 2.63. The summed E-state index contributed by atoms with van der Waals surface area (Å²) in [4.78, 5) is 17.3. The van der Waals surface area contributed by atoms with Gasteiger partial charge in [-0.3, -0.25) is 4.79 Å². The van der Waals surface area contributed by atoms with E-state index in [1.807, 2.05) is 31.2 Å². The largest absolute Gasteiger partial charge is 0.347 e. The molecule has 0 atom stereocenters. The maximum absolute atomic E-state index is 13.4. The minimum absolute atomic E-state index is 0.130. The first-order chi connectivity index (χ1) is 13.6. The van der Waals surface area contributed by atoms with Gasteiger partial charge in [0.1, 0.15) is 5.82 Å². The number of aryl methyl sites for hydroxylation is 1. The average Bonchev–Trinajstić information content (AvgIpc) is 3.15. The molecular weight excluding hydrogens is 355 g/mol. The molecule has 0 spiro atoms. The van der Waals surface area contributed by atoms with E-state index in [0.29, 0.717) is 11.5 Å². The van der Waals surface area contributed by atoms with Gasteiger partial charge in [-0.15, -0.1) is 5.10 Å². The van der Waals surface area contributed by atoms with E-state index in [1.165, 1.54) is 18.6 Å². The maximum atomic E-state index is 13.4. The Labute approximate surface area is 163 Å². The number of benzene rings is 2. The van der Waals surface area contributed by atoms with Gasteiger partial charge in [0.25, 0.3) is 5.91 Å². The van der Waals surface area contributed by atoms with Crippen LogP contribution in [0, 0.1) is 12.7 Å². The second kappa shape index (κ2) is 7.92. The van der Waals surface area contributed by atoms with Crippen molar-refractivity contribution in [1.29, 1.82) is 0 Å². The van der Waals surface area contributed by atoms with E-state index in [1.54, 1.807) is 16.8 Å². The molecule has 1 aromatic heterocycles. The Hall–Kier alpha value is -3.02. The molecular formula is C22H23FN4O. The van der Waals surface area contributed by atoms with E-state index in [4.69, 9.17) is 0 Å². The number of nitrogens with one attached hydrogen (secondary N) is 1. The van der Waals surface area contributed by atoms with Crippen molar-refractivity contribution in [2.75, 3.05) is 0 Å². The SMILES string of the molecule is Cc1ccc(-c2nc(C(=O)NC3CCCCC3)nn2-c2ccc(F)cc2)cc1. The van der Waals surface area contributed by atoms with Crippen molar-refractivity contribution in [1.82, 2.24) is 20.1 Å². The van der Waals surface area contributed by atoms with Gasteiger partial charge in [-0.2, -0.15) is 0 Å². The molecule has 2 aromatic carbocycles. The smallest absolute Gasteiger partial charge is 0.291 e. The first-order valence-corrected chi connectivity index (χ1v) is 9.71. The average molecular weight is 378 g/mol. The van der Waals surface area contributed by atoms with Gasteiger partial charge in [-0.1, -0.05) is 49.1 Å². The van der Waals surface area contributed by atoms with Crippen LogP contribution in [0.1, 0.15) is 48.3 Å². The molecule has 144 valence electrons. The third-order valence-electron chi connectivity index (χ3n) is 5.13. The summed E-state index contributed by atoms with van der Waals surface area (Å²) in [5, 5.41) is 7.50. The highest BCUT2D eigenvalue weighted by Crippen LogP contribution is 2.23. The molecule has 0 bridgehead atoms. The van der Waals surface area contributed by atoms with E-state index in [0.717, 1.165) is 36.8 Å². The van der Waals surface area contributed by atoms with Crippen molar-refractivity contribution in [2.45, 2.75) is 45.1 Å². The van der Waals surface area contributed by atoms with Crippen molar-refractivity contribution < 1.29 is 9.18 Å². The number of halogens is 1. The van der Waals surface area contributed by atoms with Crippen molar-refractivity contribution in [3.63, 3.8) is 0 Å². The Morgan fingerprint density at radius 1 is 1.04 bits per heavy atom. The summed E-state index contributed by atoms with van der Waals surface area (Å²) in [6, 6.07) is 14.1. The Bertz CT molecular complexity index is 894. The Morgan fingerprint density at radius 3 is 2.39 bits per heavy atom. The molecule has 1 N–H and O–H groups in total. The second-order valence-electron chi connectivity index (χ2n) is 7.32. The molecule has 1 saturated carbocycles. The number of rotatable bonds is 4. The first-order valence-electron chi connectivity index (χ1n) is 9.71. The van der Waals surface area contributed by atoms with Gasteiger partial charge in [0.15, 0.2) is 5.82 Å². The third-order valence-corrected chi connectivity index (χ3v) is 5.13. The predicted molar refractivity (Wildman–Crippen MR) is 106 cm³/mol. The lowest BCUT2D eigenvalue weighted by molar-refractivity contribution is 0.0917. The predicted octanol–water partition coefficient (Wildman–Crippen LogP) is 4.44. The molecule has 6 heteroatoms. The summed E-state index contributed by atoms with van der Waals surface area (Å²) < 4.78 is 15.0. The number of aromatic nitrogens is 3. The van der Waals surface area contributed by atoms with Crippen LogP contribution in [0.25, 0.3) is 17.1 Å². The summed E-state index contributed by atoms with van der Waals surface area (Å²) in [5.74, 6) is 0.100. The highest BCUT2D eigenvalue weighted by Gasteiger charge is 2.22. The summed E-state index contributed by atoms with van der Waals surface area (Å²) >= 11 is 0. The standard InChI is InChI=1S/C22H23FN4O/c1-15-7-9-16(10-8-15)21-25-20(22(28)24-18-5-3-2-4-6-18)26-27(21)19-13-11-17(23)12-14-19/h7-14,18H,2-6H2,1H3,(H,24,28). The Balaban J connectivity index is 1.69. The zero-order valence-corrected chi connectivity index (χ0v) is 15.9. The number of hydrogen-bond donors (Lipinski definition) is 1. The summed E-state index contributed by atoms with van der Waals surface area (Å²) in [6.07, 6.45) is 5.49. The van der Waals surface area contributed by atoms with E-state index in [2.05, 4.69) is 15.4 Å². The lowest BCUT2D eigenvalue weighted by atomic mass is 9.95. The van der Waals surface area contributed by atoms with Crippen LogP contribution < -0.4 is 5.32 Å². The van der Waals surface area contributed by atoms with Crippen LogP contribution in [0.4, 0.5) is 4.39 Å². The van der Waals surface area contributed by atoms with Crippen molar-refractivity contribution in [2.24, 2.45) is 0 Å². The molecule has 3 aromatic rings. The second-order valence-corrected chi connectivity index (χ2v) is 7.32. The molecule has 5 nitrogen and oxygen atoms in total. The van der Waals surface area contributed by atoms with Gasteiger partial charge in [0.05, 0.1) is 5.69 Å². The highest BCUT2D eigenvalue weighted by molar-refractivity contribution is 5.91. The third kappa shape index (κ3) is 3.96. The monoisotopic (exact) mass is 378 g/mol. The molecule has 0 radical (unpaired) electrons. The summed E-state index contributed by atoms with van der Waals surface area (Å²) in [6.45, 7) is 2.01. The van der Waals surface area contributed by atoms with Gasteiger partial charge in [-0.05, 0) is 44.0 Å². The van der Waals surface area contributed by atoms with E-state index >= 15 is 0 Å². The molecule has 0 unspecified atom stereocenters.